The highest BCUT2D eigenvalue weighted by atomic mass is 16.7. The van der Waals surface area contributed by atoms with Gasteiger partial charge in [0.15, 0.2) is 0 Å². The van der Waals surface area contributed by atoms with Gasteiger partial charge in [-0.25, -0.2) is 0 Å². The first-order valence-corrected chi connectivity index (χ1v) is 5.97. The molecule has 1 aliphatic heterocycles. The SMILES string of the molecule is C[C@@H]1[C@H](Oc2ccccc2)O[C@H](CO)[C@H](O)[C@@H]1O. The van der Waals surface area contributed by atoms with E-state index in [1.807, 2.05) is 18.2 Å². The van der Waals surface area contributed by atoms with Crippen LogP contribution in [-0.2, 0) is 4.74 Å². The van der Waals surface area contributed by atoms with E-state index in [1.54, 1.807) is 19.1 Å². The molecule has 0 spiro atoms. The molecule has 2 rings (SSSR count). The van der Waals surface area contributed by atoms with Crippen molar-refractivity contribution in [2.24, 2.45) is 5.92 Å². The second kappa shape index (κ2) is 5.67. The van der Waals surface area contributed by atoms with E-state index in [0.717, 1.165) is 0 Å². The monoisotopic (exact) mass is 254 g/mol. The third-order valence-electron chi connectivity index (χ3n) is 3.18. The Hall–Kier alpha value is -1.14. The lowest BCUT2D eigenvalue weighted by Gasteiger charge is -2.40. The first-order chi connectivity index (χ1) is 8.63. The zero-order valence-electron chi connectivity index (χ0n) is 10.1. The van der Waals surface area contributed by atoms with Gasteiger partial charge in [-0.3, -0.25) is 0 Å². The van der Waals surface area contributed by atoms with Crippen LogP contribution in [0.15, 0.2) is 30.3 Å². The molecule has 1 saturated heterocycles. The molecule has 5 nitrogen and oxygen atoms in total. The first-order valence-electron chi connectivity index (χ1n) is 5.97. The van der Waals surface area contributed by atoms with Gasteiger partial charge < -0.3 is 24.8 Å². The van der Waals surface area contributed by atoms with Gasteiger partial charge in [-0.1, -0.05) is 25.1 Å². The highest BCUT2D eigenvalue weighted by Gasteiger charge is 2.43. The second-order valence-electron chi connectivity index (χ2n) is 4.50. The summed E-state index contributed by atoms with van der Waals surface area (Å²) in [7, 11) is 0. The van der Waals surface area contributed by atoms with E-state index in [4.69, 9.17) is 14.6 Å². The number of hydrogen-bond donors (Lipinski definition) is 3. The summed E-state index contributed by atoms with van der Waals surface area (Å²) in [5, 5.41) is 28.7. The van der Waals surface area contributed by atoms with Crippen LogP contribution in [0.25, 0.3) is 0 Å². The van der Waals surface area contributed by atoms with Gasteiger partial charge in [0.1, 0.15) is 18.0 Å². The minimum absolute atomic E-state index is 0.362. The average molecular weight is 254 g/mol. The molecule has 5 heteroatoms. The number of hydrogen-bond acceptors (Lipinski definition) is 5. The third kappa shape index (κ3) is 2.64. The van der Waals surface area contributed by atoms with E-state index in [-0.39, 0.29) is 12.5 Å². The molecule has 3 N–H and O–H groups in total. The fraction of sp³-hybridized carbons (Fsp3) is 0.538. The van der Waals surface area contributed by atoms with Crippen LogP contribution in [0.5, 0.6) is 5.75 Å². The summed E-state index contributed by atoms with van der Waals surface area (Å²) in [6.45, 7) is 1.37. The maximum Gasteiger partial charge on any atom is 0.205 e. The highest BCUT2D eigenvalue weighted by molar-refractivity contribution is 5.21. The van der Waals surface area contributed by atoms with Gasteiger partial charge in [0, 0.05) is 5.92 Å². The molecule has 100 valence electrons. The Morgan fingerprint density at radius 3 is 2.44 bits per heavy atom. The molecule has 5 atom stereocenters. The van der Waals surface area contributed by atoms with Crippen LogP contribution in [-0.4, -0.2) is 46.5 Å². The molecule has 0 radical (unpaired) electrons. The Bertz CT molecular complexity index is 367. The van der Waals surface area contributed by atoms with Gasteiger partial charge >= 0.3 is 0 Å². The summed E-state index contributed by atoms with van der Waals surface area (Å²) >= 11 is 0. The largest absolute Gasteiger partial charge is 0.465 e. The molecule has 1 fully saturated rings. The third-order valence-corrected chi connectivity index (χ3v) is 3.18. The van der Waals surface area contributed by atoms with Gasteiger partial charge in [0.05, 0.1) is 12.7 Å². The Balaban J connectivity index is 2.08. The van der Waals surface area contributed by atoms with Crippen LogP contribution in [0.1, 0.15) is 6.92 Å². The lowest BCUT2D eigenvalue weighted by Crippen LogP contribution is -2.56. The lowest BCUT2D eigenvalue weighted by molar-refractivity contribution is -0.256. The van der Waals surface area contributed by atoms with Crippen molar-refractivity contribution in [3.63, 3.8) is 0 Å². The van der Waals surface area contributed by atoms with Gasteiger partial charge in [0.2, 0.25) is 6.29 Å². The van der Waals surface area contributed by atoms with Crippen molar-refractivity contribution in [1.82, 2.24) is 0 Å². The number of aliphatic hydroxyl groups is 3. The van der Waals surface area contributed by atoms with E-state index in [9.17, 15) is 10.2 Å². The van der Waals surface area contributed by atoms with Crippen molar-refractivity contribution in [2.75, 3.05) is 6.61 Å². The molecule has 0 aliphatic carbocycles. The predicted molar refractivity (Wildman–Crippen MR) is 64.0 cm³/mol. The molecule has 1 aromatic carbocycles. The summed E-state index contributed by atoms with van der Waals surface area (Å²) in [4.78, 5) is 0. The van der Waals surface area contributed by atoms with E-state index >= 15 is 0 Å². The van der Waals surface area contributed by atoms with Crippen molar-refractivity contribution >= 4 is 0 Å². The standard InChI is InChI=1S/C13H18O5/c1-8-11(15)12(16)10(7-14)18-13(8)17-9-5-3-2-4-6-9/h2-6,8,10-16H,7H2,1H3/t8-,10+,11+,12-,13+/m0/s1. The Labute approximate surface area is 106 Å². The fourth-order valence-electron chi connectivity index (χ4n) is 1.99. The Kier molecular flexibility index (Phi) is 4.19. The van der Waals surface area contributed by atoms with Crippen LogP contribution in [0, 0.1) is 5.92 Å². The molecule has 0 saturated carbocycles. The summed E-state index contributed by atoms with van der Waals surface area (Å²) in [5.74, 6) is 0.234. The van der Waals surface area contributed by atoms with Crippen LogP contribution in [0.3, 0.4) is 0 Å². The number of ether oxygens (including phenoxy) is 2. The zero-order valence-corrected chi connectivity index (χ0v) is 10.1. The molecule has 1 aliphatic rings. The molecular formula is C13H18O5. The maximum atomic E-state index is 9.88. The molecule has 0 amide bonds. The quantitative estimate of drug-likeness (QED) is 0.715. The van der Waals surface area contributed by atoms with E-state index in [2.05, 4.69) is 0 Å². The molecule has 18 heavy (non-hydrogen) atoms. The van der Waals surface area contributed by atoms with Crippen LogP contribution in [0.2, 0.25) is 0 Å². The number of benzene rings is 1. The zero-order chi connectivity index (χ0) is 13.1. The maximum absolute atomic E-state index is 9.88. The summed E-state index contributed by atoms with van der Waals surface area (Å²) in [6, 6.07) is 9.09. The number of aliphatic hydroxyl groups excluding tert-OH is 3. The number of para-hydroxylation sites is 1. The Morgan fingerprint density at radius 1 is 1.17 bits per heavy atom. The van der Waals surface area contributed by atoms with Gasteiger partial charge in [0.25, 0.3) is 0 Å². The highest BCUT2D eigenvalue weighted by Crippen LogP contribution is 2.27. The van der Waals surface area contributed by atoms with Gasteiger partial charge in [-0.15, -0.1) is 0 Å². The molecule has 1 aromatic rings. The van der Waals surface area contributed by atoms with Crippen molar-refractivity contribution < 1.29 is 24.8 Å². The predicted octanol–water partition coefficient (Wildman–Crippen LogP) is 0.140. The van der Waals surface area contributed by atoms with Crippen LogP contribution in [0.4, 0.5) is 0 Å². The van der Waals surface area contributed by atoms with Gasteiger partial charge in [-0.2, -0.15) is 0 Å². The topological polar surface area (TPSA) is 79.2 Å². The van der Waals surface area contributed by atoms with E-state index < -0.39 is 24.6 Å². The van der Waals surface area contributed by atoms with Crippen LogP contribution < -0.4 is 4.74 Å². The molecular weight excluding hydrogens is 236 g/mol. The Morgan fingerprint density at radius 2 is 1.83 bits per heavy atom. The fourth-order valence-corrected chi connectivity index (χ4v) is 1.99. The van der Waals surface area contributed by atoms with Crippen LogP contribution >= 0.6 is 0 Å². The average Bonchev–Trinajstić information content (AvgIpc) is 2.40. The lowest BCUT2D eigenvalue weighted by atomic mass is 9.92. The normalized spacial score (nSPS) is 36.3. The van der Waals surface area contributed by atoms with Crippen molar-refractivity contribution in [1.29, 1.82) is 0 Å². The number of rotatable bonds is 3. The summed E-state index contributed by atoms with van der Waals surface area (Å²) in [5.41, 5.74) is 0. The minimum atomic E-state index is -1.10. The van der Waals surface area contributed by atoms with Crippen molar-refractivity contribution in [3.8, 4) is 5.75 Å². The molecule has 0 unspecified atom stereocenters. The van der Waals surface area contributed by atoms with E-state index in [0.29, 0.717) is 5.75 Å². The first kappa shape index (κ1) is 13.3. The molecule has 0 bridgehead atoms. The summed E-state index contributed by atoms with van der Waals surface area (Å²) in [6.07, 6.45) is -3.60. The van der Waals surface area contributed by atoms with Crippen molar-refractivity contribution in [3.05, 3.63) is 30.3 Å². The van der Waals surface area contributed by atoms with Crippen molar-refractivity contribution in [2.45, 2.75) is 31.5 Å². The second-order valence-corrected chi connectivity index (χ2v) is 4.50. The molecule has 1 heterocycles. The molecule has 0 aromatic heterocycles. The minimum Gasteiger partial charge on any atom is -0.465 e. The van der Waals surface area contributed by atoms with Gasteiger partial charge in [-0.05, 0) is 12.1 Å². The summed E-state index contributed by atoms with van der Waals surface area (Å²) < 4.78 is 11.1. The van der Waals surface area contributed by atoms with E-state index in [1.165, 1.54) is 0 Å². The smallest absolute Gasteiger partial charge is 0.205 e.